The maximum Gasteiger partial charge on any atom is 0.410 e. The highest BCUT2D eigenvalue weighted by atomic mass is 32.2. The van der Waals surface area contributed by atoms with E-state index in [-0.39, 0.29) is 18.0 Å². The first-order valence-electron chi connectivity index (χ1n) is 14.8. The average Bonchev–Trinajstić information content (AvgIpc) is 3.64. The molecule has 0 spiro atoms. The summed E-state index contributed by atoms with van der Waals surface area (Å²) >= 11 is 0. The third kappa shape index (κ3) is 8.07. The van der Waals surface area contributed by atoms with Gasteiger partial charge in [-0.15, -0.1) is 0 Å². The molecule has 41 heavy (non-hydrogen) atoms. The van der Waals surface area contributed by atoms with Gasteiger partial charge in [0, 0.05) is 25.5 Å². The van der Waals surface area contributed by atoms with Gasteiger partial charge in [-0.25, -0.2) is 18.1 Å². The Balaban J connectivity index is 1.66. The van der Waals surface area contributed by atoms with Gasteiger partial charge in [0.2, 0.25) is 0 Å². The second-order valence-corrected chi connectivity index (χ2v) is 15.8. The summed E-state index contributed by atoms with van der Waals surface area (Å²) in [5.74, 6) is 0.609. The Hall–Kier alpha value is -2.52. The molecule has 1 amide bonds. The van der Waals surface area contributed by atoms with E-state index in [0.717, 1.165) is 30.4 Å². The second-order valence-electron chi connectivity index (χ2n) is 13.8. The number of hydrogen-bond acceptors (Lipinski definition) is 5. The molecule has 2 N–H and O–H groups in total. The van der Waals surface area contributed by atoms with Crippen molar-refractivity contribution in [2.75, 3.05) is 18.4 Å². The molecule has 226 valence electrons. The van der Waals surface area contributed by atoms with Gasteiger partial charge in [-0.3, -0.25) is 4.98 Å². The van der Waals surface area contributed by atoms with Crippen molar-refractivity contribution < 1.29 is 18.1 Å². The van der Waals surface area contributed by atoms with Crippen LogP contribution in [0.25, 0.3) is 0 Å². The van der Waals surface area contributed by atoms with E-state index in [1.54, 1.807) is 23.4 Å². The first-order chi connectivity index (χ1) is 19.2. The topological polar surface area (TPSA) is 83.6 Å². The molecule has 1 aromatic heterocycles. The molecule has 0 bridgehead atoms. The van der Waals surface area contributed by atoms with Crippen molar-refractivity contribution in [2.45, 2.75) is 102 Å². The largest absolute Gasteiger partial charge is 0.444 e. The van der Waals surface area contributed by atoms with E-state index in [4.69, 9.17) is 4.74 Å². The first kappa shape index (κ1) is 31.4. The molecule has 1 unspecified atom stereocenters. The maximum absolute atomic E-state index is 15.3. The Kier molecular flexibility index (Phi) is 9.48. The number of halogens is 1. The van der Waals surface area contributed by atoms with Gasteiger partial charge >= 0.3 is 6.09 Å². The summed E-state index contributed by atoms with van der Waals surface area (Å²) in [7, 11) is -1.38. The van der Waals surface area contributed by atoms with E-state index in [9.17, 15) is 9.00 Å². The van der Waals surface area contributed by atoms with Crippen LogP contribution in [0.1, 0.15) is 91.7 Å². The Morgan fingerprint density at radius 2 is 1.78 bits per heavy atom. The van der Waals surface area contributed by atoms with Crippen LogP contribution in [0, 0.1) is 17.7 Å². The van der Waals surface area contributed by atoms with Crippen LogP contribution in [0.15, 0.2) is 42.7 Å². The molecule has 1 aliphatic carbocycles. The highest BCUT2D eigenvalue weighted by Gasteiger charge is 2.41. The molecule has 2 aliphatic rings. The van der Waals surface area contributed by atoms with Gasteiger partial charge in [0.1, 0.15) is 11.4 Å². The minimum Gasteiger partial charge on any atom is -0.444 e. The Bertz CT molecular complexity index is 1230. The summed E-state index contributed by atoms with van der Waals surface area (Å²) in [5.41, 5.74) is 0.772. The van der Waals surface area contributed by atoms with Crippen LogP contribution in [-0.2, 0) is 21.3 Å². The normalized spacial score (nSPS) is 21.8. The zero-order valence-corrected chi connectivity index (χ0v) is 26.4. The highest BCUT2D eigenvalue weighted by Crippen LogP contribution is 2.42. The fourth-order valence-electron chi connectivity index (χ4n) is 5.44. The van der Waals surface area contributed by atoms with Crippen molar-refractivity contribution in [1.82, 2.24) is 14.6 Å². The molecule has 1 aromatic carbocycles. The van der Waals surface area contributed by atoms with Crippen LogP contribution in [0.2, 0.25) is 0 Å². The number of benzene rings is 1. The van der Waals surface area contributed by atoms with Crippen LogP contribution < -0.4 is 10.0 Å². The SMILES string of the molecule is C[C@H]1C[C@H](CNc2cc(C(CCC3CC3)(N[S@](=O)C(C)(C)C)c3ccncc3)ccc2F)N(C(=O)OC(C)(C)C)C1. The number of likely N-dealkylation sites (tertiary alicyclic amines) is 1. The zero-order valence-electron chi connectivity index (χ0n) is 25.6. The lowest BCUT2D eigenvalue weighted by Crippen LogP contribution is -2.49. The highest BCUT2D eigenvalue weighted by molar-refractivity contribution is 7.84. The van der Waals surface area contributed by atoms with Crippen molar-refractivity contribution >= 4 is 22.8 Å². The van der Waals surface area contributed by atoms with Crippen molar-refractivity contribution in [3.05, 3.63) is 59.7 Å². The minimum absolute atomic E-state index is 0.116. The van der Waals surface area contributed by atoms with Crippen LogP contribution >= 0.6 is 0 Å². The molecule has 1 saturated heterocycles. The molecule has 1 aliphatic heterocycles. The number of nitrogens with zero attached hydrogens (tertiary/aromatic N) is 2. The summed E-state index contributed by atoms with van der Waals surface area (Å²) in [6.07, 6.45) is 8.08. The van der Waals surface area contributed by atoms with Crippen molar-refractivity contribution in [3.8, 4) is 0 Å². The molecular formula is C32H47FN4O3S. The van der Waals surface area contributed by atoms with Crippen LogP contribution in [0.4, 0.5) is 14.9 Å². The molecule has 2 aromatic rings. The smallest absolute Gasteiger partial charge is 0.410 e. The van der Waals surface area contributed by atoms with Gasteiger partial charge in [-0.2, -0.15) is 0 Å². The molecule has 2 heterocycles. The quantitative estimate of drug-likeness (QED) is 0.321. The molecule has 7 nitrogen and oxygen atoms in total. The van der Waals surface area contributed by atoms with Gasteiger partial charge in [-0.05, 0) is 108 Å². The first-order valence-corrected chi connectivity index (χ1v) is 16.0. The monoisotopic (exact) mass is 586 g/mol. The lowest BCUT2D eigenvalue weighted by Gasteiger charge is -2.38. The van der Waals surface area contributed by atoms with Crippen molar-refractivity contribution in [3.63, 3.8) is 0 Å². The van der Waals surface area contributed by atoms with Gasteiger partial charge in [-0.1, -0.05) is 25.8 Å². The molecule has 1 saturated carbocycles. The Morgan fingerprint density at radius 3 is 2.39 bits per heavy atom. The molecule has 9 heteroatoms. The van der Waals surface area contributed by atoms with Crippen LogP contribution in [-0.4, -0.2) is 49.7 Å². The molecule has 4 rings (SSSR count). The number of rotatable bonds is 10. The van der Waals surface area contributed by atoms with Gasteiger partial charge in [0.05, 0.1) is 33.0 Å². The third-order valence-electron chi connectivity index (χ3n) is 7.86. The van der Waals surface area contributed by atoms with E-state index in [2.05, 4.69) is 21.9 Å². The summed E-state index contributed by atoms with van der Waals surface area (Å²) in [6.45, 7) is 14.5. The lowest BCUT2D eigenvalue weighted by atomic mass is 9.79. The number of pyridine rings is 1. The van der Waals surface area contributed by atoms with Gasteiger partial charge in [0.25, 0.3) is 0 Å². The standard InChI is InChI=1S/C32H47FN4O3S/c1-22-18-26(37(21-22)29(38)40-30(2,3)4)20-35-28-19-25(10-11-27(28)33)32(15-12-23-8-9-23,24-13-16-34-17-14-24)36-41(39)31(5,6)7/h10-11,13-14,16-17,19,22-23,26,35-36H,8-9,12,15,18,20-21H2,1-7H3/t22-,26+,32?,41+/m0/s1. The molecular weight excluding hydrogens is 539 g/mol. The van der Waals surface area contributed by atoms with Crippen LogP contribution in [0.5, 0.6) is 0 Å². The number of carbonyl (C=O) groups excluding carboxylic acids is 1. The van der Waals surface area contributed by atoms with E-state index in [1.807, 2.05) is 59.7 Å². The van der Waals surface area contributed by atoms with E-state index < -0.39 is 26.9 Å². The number of ether oxygens (including phenoxy) is 1. The Morgan fingerprint density at radius 1 is 1.10 bits per heavy atom. The van der Waals surface area contributed by atoms with Gasteiger partial charge < -0.3 is 15.0 Å². The number of aromatic nitrogens is 1. The lowest BCUT2D eigenvalue weighted by molar-refractivity contribution is 0.0230. The number of hydrogen-bond donors (Lipinski definition) is 2. The van der Waals surface area contributed by atoms with E-state index in [0.29, 0.717) is 30.6 Å². The number of carbonyl (C=O) groups is 1. The summed E-state index contributed by atoms with van der Waals surface area (Å²) in [4.78, 5) is 18.9. The summed E-state index contributed by atoms with van der Waals surface area (Å²) < 4.78 is 37.6. The molecule has 2 fully saturated rings. The number of amides is 1. The fraction of sp³-hybridized carbons (Fsp3) is 0.625. The summed E-state index contributed by atoms with van der Waals surface area (Å²) in [5, 5.41) is 3.31. The predicted octanol–water partition coefficient (Wildman–Crippen LogP) is 6.76. The van der Waals surface area contributed by atoms with E-state index >= 15 is 4.39 Å². The maximum atomic E-state index is 15.3. The number of nitrogens with one attached hydrogen (secondary N) is 2. The molecule has 4 atom stereocenters. The predicted molar refractivity (Wildman–Crippen MR) is 163 cm³/mol. The second kappa shape index (κ2) is 12.4. The average molecular weight is 587 g/mol. The third-order valence-corrected chi connectivity index (χ3v) is 9.51. The Labute approximate surface area is 247 Å². The zero-order chi connectivity index (χ0) is 30.0. The van der Waals surface area contributed by atoms with E-state index in [1.165, 1.54) is 18.9 Å². The fourth-order valence-corrected chi connectivity index (χ4v) is 6.40. The number of anilines is 1. The van der Waals surface area contributed by atoms with Crippen molar-refractivity contribution in [2.24, 2.45) is 11.8 Å². The summed E-state index contributed by atoms with van der Waals surface area (Å²) in [6, 6.07) is 8.91. The minimum atomic E-state index is -1.38. The van der Waals surface area contributed by atoms with Crippen molar-refractivity contribution in [1.29, 1.82) is 0 Å². The van der Waals surface area contributed by atoms with Crippen LogP contribution in [0.3, 0.4) is 0 Å². The molecule has 0 radical (unpaired) electrons. The van der Waals surface area contributed by atoms with Gasteiger partial charge in [0.15, 0.2) is 0 Å².